The van der Waals surface area contributed by atoms with Gasteiger partial charge in [-0.1, -0.05) is 19.8 Å². The van der Waals surface area contributed by atoms with E-state index in [1.165, 1.54) is 0 Å². The van der Waals surface area contributed by atoms with Crippen molar-refractivity contribution in [2.45, 2.75) is 50.7 Å². The number of aromatic nitrogens is 1. The Morgan fingerprint density at radius 1 is 1.42 bits per heavy atom. The van der Waals surface area contributed by atoms with Crippen molar-refractivity contribution >= 4 is 5.69 Å². The van der Waals surface area contributed by atoms with Crippen LogP contribution < -0.4 is 10.6 Å². The summed E-state index contributed by atoms with van der Waals surface area (Å²) in [5, 5.41) is 10.4. The maximum Gasteiger partial charge on any atom is 0.0821 e. The van der Waals surface area contributed by atoms with Crippen LogP contribution in [0, 0.1) is 0 Å². The average Bonchev–Trinajstić information content (AvgIpc) is 2.84. The van der Waals surface area contributed by atoms with Gasteiger partial charge in [-0.2, -0.15) is 0 Å². The van der Waals surface area contributed by atoms with Crippen LogP contribution in [0.25, 0.3) is 0 Å². The molecule has 0 aliphatic heterocycles. The highest BCUT2D eigenvalue weighted by Gasteiger charge is 2.32. The number of hydrogen-bond donors (Lipinski definition) is 2. The van der Waals surface area contributed by atoms with Gasteiger partial charge in [0.05, 0.1) is 23.2 Å². The summed E-state index contributed by atoms with van der Waals surface area (Å²) in [5.41, 5.74) is 7.40. The second-order valence-electron chi connectivity index (χ2n) is 5.74. The van der Waals surface area contributed by atoms with Gasteiger partial charge >= 0.3 is 0 Å². The first-order chi connectivity index (χ1) is 9.04. The molecule has 2 rings (SSSR count). The molecule has 1 aromatic rings. The Morgan fingerprint density at radius 2 is 2.11 bits per heavy atom. The number of pyridine rings is 1. The average molecular weight is 263 g/mol. The van der Waals surface area contributed by atoms with E-state index in [4.69, 9.17) is 5.73 Å². The Labute approximate surface area is 115 Å². The van der Waals surface area contributed by atoms with E-state index >= 15 is 0 Å². The first-order valence-corrected chi connectivity index (χ1v) is 7.19. The summed E-state index contributed by atoms with van der Waals surface area (Å²) in [6.07, 6.45) is 6.82. The molecule has 19 heavy (non-hydrogen) atoms. The molecule has 1 unspecified atom stereocenters. The Bertz CT molecular complexity index is 398. The molecule has 1 aliphatic rings. The minimum absolute atomic E-state index is 0.0124. The summed E-state index contributed by atoms with van der Waals surface area (Å²) < 4.78 is 0. The van der Waals surface area contributed by atoms with Gasteiger partial charge in [0.1, 0.15) is 0 Å². The van der Waals surface area contributed by atoms with Crippen molar-refractivity contribution in [3.63, 3.8) is 0 Å². The van der Waals surface area contributed by atoms with Gasteiger partial charge in [-0.15, -0.1) is 0 Å². The van der Waals surface area contributed by atoms with Gasteiger partial charge < -0.3 is 15.7 Å². The van der Waals surface area contributed by atoms with Crippen molar-refractivity contribution in [1.29, 1.82) is 0 Å². The van der Waals surface area contributed by atoms with Crippen LogP contribution in [0.3, 0.4) is 0 Å². The number of likely N-dealkylation sites (N-methyl/N-ethyl adjacent to an activating group) is 1. The smallest absolute Gasteiger partial charge is 0.0821 e. The molecule has 1 saturated carbocycles. The monoisotopic (exact) mass is 263 g/mol. The highest BCUT2D eigenvalue weighted by atomic mass is 16.3. The lowest BCUT2D eigenvalue weighted by molar-refractivity contribution is 0.0559. The molecule has 3 N–H and O–H groups in total. The quantitative estimate of drug-likeness (QED) is 0.855. The predicted molar refractivity (Wildman–Crippen MR) is 78.1 cm³/mol. The first-order valence-electron chi connectivity index (χ1n) is 7.19. The van der Waals surface area contributed by atoms with E-state index in [1.807, 2.05) is 25.4 Å². The second kappa shape index (κ2) is 5.88. The van der Waals surface area contributed by atoms with E-state index in [-0.39, 0.29) is 6.04 Å². The molecule has 1 aliphatic carbocycles. The Kier molecular flexibility index (Phi) is 4.42. The molecule has 0 bridgehead atoms. The van der Waals surface area contributed by atoms with Crippen LogP contribution in [0.2, 0.25) is 0 Å². The van der Waals surface area contributed by atoms with Gasteiger partial charge in [-0.05, 0) is 31.4 Å². The lowest BCUT2D eigenvalue weighted by Crippen LogP contribution is -2.39. The zero-order valence-electron chi connectivity index (χ0n) is 12.0. The molecule has 0 aromatic carbocycles. The van der Waals surface area contributed by atoms with E-state index in [0.29, 0.717) is 6.54 Å². The number of nitrogens with zero attached hydrogens (tertiary/aromatic N) is 2. The van der Waals surface area contributed by atoms with Crippen molar-refractivity contribution in [3.8, 4) is 0 Å². The third-order valence-corrected chi connectivity index (χ3v) is 4.10. The normalized spacial score (nSPS) is 19.4. The second-order valence-corrected chi connectivity index (χ2v) is 5.74. The van der Waals surface area contributed by atoms with Crippen LogP contribution in [0.1, 0.15) is 50.8 Å². The molecule has 1 fully saturated rings. The van der Waals surface area contributed by atoms with E-state index in [2.05, 4.69) is 16.8 Å². The number of anilines is 1. The van der Waals surface area contributed by atoms with Crippen molar-refractivity contribution in [2.24, 2.45) is 5.73 Å². The van der Waals surface area contributed by atoms with E-state index in [1.54, 1.807) is 0 Å². The van der Waals surface area contributed by atoms with E-state index < -0.39 is 5.60 Å². The van der Waals surface area contributed by atoms with Gasteiger partial charge in [-0.3, -0.25) is 4.98 Å². The summed E-state index contributed by atoms with van der Waals surface area (Å²) in [5.74, 6) is 0. The fourth-order valence-electron chi connectivity index (χ4n) is 2.78. The summed E-state index contributed by atoms with van der Waals surface area (Å²) in [6.45, 7) is 2.73. The SMILES string of the molecule is CCC(N)c1ccc(N(C)CC2(O)CCCC2)cn1. The minimum atomic E-state index is -0.521. The fourth-order valence-corrected chi connectivity index (χ4v) is 2.78. The first kappa shape index (κ1) is 14.3. The van der Waals surface area contributed by atoms with Crippen molar-refractivity contribution < 1.29 is 5.11 Å². The van der Waals surface area contributed by atoms with Crippen molar-refractivity contribution in [2.75, 3.05) is 18.5 Å². The zero-order valence-corrected chi connectivity index (χ0v) is 12.0. The number of nitrogens with two attached hydrogens (primary N) is 1. The van der Waals surface area contributed by atoms with Gasteiger partial charge in [-0.25, -0.2) is 0 Å². The molecule has 0 saturated heterocycles. The highest BCUT2D eigenvalue weighted by molar-refractivity contribution is 5.44. The van der Waals surface area contributed by atoms with Gasteiger partial charge in [0, 0.05) is 19.6 Å². The van der Waals surface area contributed by atoms with Crippen molar-refractivity contribution in [1.82, 2.24) is 4.98 Å². The molecule has 1 atom stereocenters. The maximum atomic E-state index is 10.4. The van der Waals surface area contributed by atoms with Crippen LogP contribution in [0.4, 0.5) is 5.69 Å². The van der Waals surface area contributed by atoms with Gasteiger partial charge in [0.2, 0.25) is 0 Å². The number of aliphatic hydroxyl groups is 1. The Morgan fingerprint density at radius 3 is 2.63 bits per heavy atom. The molecular weight excluding hydrogens is 238 g/mol. The Balaban J connectivity index is 2.01. The molecule has 1 aromatic heterocycles. The topological polar surface area (TPSA) is 62.4 Å². The van der Waals surface area contributed by atoms with Gasteiger partial charge in [0.25, 0.3) is 0 Å². The highest BCUT2D eigenvalue weighted by Crippen LogP contribution is 2.31. The number of hydrogen-bond acceptors (Lipinski definition) is 4. The summed E-state index contributed by atoms with van der Waals surface area (Å²) in [4.78, 5) is 6.50. The lowest BCUT2D eigenvalue weighted by atomic mass is 10.0. The largest absolute Gasteiger partial charge is 0.388 e. The van der Waals surface area contributed by atoms with E-state index in [0.717, 1.165) is 43.5 Å². The molecular formula is C15H25N3O. The lowest BCUT2D eigenvalue weighted by Gasteiger charge is -2.30. The van der Waals surface area contributed by atoms with Crippen LogP contribution >= 0.6 is 0 Å². The van der Waals surface area contributed by atoms with Crippen LogP contribution in [-0.2, 0) is 0 Å². The maximum absolute atomic E-state index is 10.4. The third-order valence-electron chi connectivity index (χ3n) is 4.10. The van der Waals surface area contributed by atoms with Crippen LogP contribution in [0.5, 0.6) is 0 Å². The summed E-state index contributed by atoms with van der Waals surface area (Å²) in [6, 6.07) is 4.04. The molecule has 0 amide bonds. The minimum Gasteiger partial charge on any atom is -0.388 e. The molecule has 106 valence electrons. The number of rotatable bonds is 5. The predicted octanol–water partition coefficient (Wildman–Crippen LogP) is 2.23. The molecule has 4 nitrogen and oxygen atoms in total. The Hall–Kier alpha value is -1.13. The summed E-state index contributed by atoms with van der Waals surface area (Å²) >= 11 is 0. The van der Waals surface area contributed by atoms with Crippen LogP contribution in [-0.4, -0.2) is 29.3 Å². The van der Waals surface area contributed by atoms with Gasteiger partial charge in [0.15, 0.2) is 0 Å². The standard InChI is InChI=1S/C15H25N3O/c1-3-13(16)14-7-6-12(10-17-14)18(2)11-15(19)8-4-5-9-15/h6-7,10,13,19H,3-5,8-9,11,16H2,1-2H3. The molecule has 0 radical (unpaired) electrons. The third kappa shape index (κ3) is 3.45. The van der Waals surface area contributed by atoms with Crippen LogP contribution in [0.15, 0.2) is 18.3 Å². The molecule has 1 heterocycles. The van der Waals surface area contributed by atoms with Crippen molar-refractivity contribution in [3.05, 3.63) is 24.0 Å². The zero-order chi connectivity index (χ0) is 13.9. The van der Waals surface area contributed by atoms with E-state index in [9.17, 15) is 5.11 Å². The molecule has 0 spiro atoms. The fraction of sp³-hybridized carbons (Fsp3) is 0.667. The summed E-state index contributed by atoms with van der Waals surface area (Å²) in [7, 11) is 2.01. The molecule has 4 heteroatoms.